The van der Waals surface area contributed by atoms with Gasteiger partial charge < -0.3 is 15.2 Å². The summed E-state index contributed by atoms with van der Waals surface area (Å²) in [4.78, 5) is 23.8. The van der Waals surface area contributed by atoms with Crippen LogP contribution in [0.2, 0.25) is 15.1 Å². The molecule has 23 heavy (non-hydrogen) atoms. The van der Waals surface area contributed by atoms with E-state index in [-0.39, 0.29) is 20.8 Å². The number of aliphatic hydroxyl groups is 1. The van der Waals surface area contributed by atoms with Gasteiger partial charge in [0.2, 0.25) is 0 Å². The number of nitrogens with one attached hydrogen (secondary N) is 1. The molecule has 1 aliphatic carbocycles. The minimum Gasteiger partial charge on any atom is -0.453 e. The van der Waals surface area contributed by atoms with Crippen molar-refractivity contribution in [1.82, 2.24) is 0 Å². The molecule has 5 nitrogen and oxygen atoms in total. The molecule has 2 rings (SSSR count). The van der Waals surface area contributed by atoms with Gasteiger partial charge in [-0.15, -0.1) is 0 Å². The minimum atomic E-state index is -1.49. The summed E-state index contributed by atoms with van der Waals surface area (Å²) >= 11 is 17.6. The maximum absolute atomic E-state index is 11.9. The molecule has 1 aliphatic rings. The summed E-state index contributed by atoms with van der Waals surface area (Å²) in [7, 11) is 0. The number of hydrogen-bond acceptors (Lipinski definition) is 4. The second-order valence-electron chi connectivity index (χ2n) is 5.46. The molecule has 1 fully saturated rings. The van der Waals surface area contributed by atoms with E-state index < -0.39 is 24.1 Å². The molecule has 0 aromatic heterocycles. The molecule has 1 aromatic rings. The maximum atomic E-state index is 11.9. The van der Waals surface area contributed by atoms with E-state index in [2.05, 4.69) is 5.32 Å². The van der Waals surface area contributed by atoms with Gasteiger partial charge in [-0.3, -0.25) is 4.79 Å². The van der Waals surface area contributed by atoms with E-state index in [0.717, 1.165) is 19.3 Å². The maximum Gasteiger partial charge on any atom is 0.338 e. The van der Waals surface area contributed by atoms with E-state index in [0.29, 0.717) is 12.8 Å². The molecule has 2 N–H and O–H groups in total. The molecule has 0 bridgehead atoms. The van der Waals surface area contributed by atoms with Gasteiger partial charge >= 0.3 is 5.97 Å². The van der Waals surface area contributed by atoms with Crippen molar-refractivity contribution < 1.29 is 19.4 Å². The van der Waals surface area contributed by atoms with Crippen molar-refractivity contribution in [2.45, 2.75) is 37.7 Å². The smallest absolute Gasteiger partial charge is 0.338 e. The van der Waals surface area contributed by atoms with E-state index in [1.807, 2.05) is 0 Å². The van der Waals surface area contributed by atoms with E-state index >= 15 is 0 Å². The lowest BCUT2D eigenvalue weighted by Gasteiger charge is -2.29. The fourth-order valence-corrected chi connectivity index (χ4v) is 3.00. The Morgan fingerprint density at radius 3 is 2.35 bits per heavy atom. The molecule has 1 saturated carbocycles. The van der Waals surface area contributed by atoms with Crippen LogP contribution in [0, 0.1) is 0 Å². The standard InChI is InChI=1S/C15H16Cl3NO4/c16-9-6-11(18)12(7-10(9)17)19-13(20)8-23-14(21)15(22)4-2-1-3-5-15/h6-7,22H,1-5,8H2,(H,19,20). The number of carbonyl (C=O) groups excluding carboxylic acids is 2. The first-order chi connectivity index (χ1) is 10.8. The summed E-state index contributed by atoms with van der Waals surface area (Å²) in [5, 5.41) is 13.4. The van der Waals surface area contributed by atoms with E-state index in [4.69, 9.17) is 39.5 Å². The molecule has 0 heterocycles. The van der Waals surface area contributed by atoms with Gasteiger partial charge in [0.25, 0.3) is 5.91 Å². The van der Waals surface area contributed by atoms with Gasteiger partial charge in [-0.05, 0) is 37.8 Å². The molecule has 1 amide bonds. The van der Waals surface area contributed by atoms with E-state index in [1.165, 1.54) is 12.1 Å². The lowest BCUT2D eigenvalue weighted by Crippen LogP contribution is -2.42. The molecule has 0 saturated heterocycles. The van der Waals surface area contributed by atoms with Crippen molar-refractivity contribution in [2.75, 3.05) is 11.9 Å². The number of carbonyl (C=O) groups is 2. The lowest BCUT2D eigenvalue weighted by atomic mass is 9.85. The number of anilines is 1. The van der Waals surface area contributed by atoms with Crippen LogP contribution in [0.4, 0.5) is 5.69 Å². The highest BCUT2D eigenvalue weighted by atomic mass is 35.5. The second kappa shape index (κ2) is 7.71. The summed E-state index contributed by atoms with van der Waals surface area (Å²) in [6.45, 7) is -0.516. The lowest BCUT2D eigenvalue weighted by molar-refractivity contribution is -0.170. The zero-order valence-corrected chi connectivity index (χ0v) is 14.5. The Morgan fingerprint density at radius 2 is 1.70 bits per heavy atom. The van der Waals surface area contributed by atoms with Crippen LogP contribution >= 0.6 is 34.8 Å². The Kier molecular flexibility index (Phi) is 6.14. The van der Waals surface area contributed by atoms with Crippen molar-refractivity contribution in [2.24, 2.45) is 0 Å². The molecule has 0 atom stereocenters. The second-order valence-corrected chi connectivity index (χ2v) is 6.68. The van der Waals surface area contributed by atoms with Crippen LogP contribution in [0.3, 0.4) is 0 Å². The van der Waals surface area contributed by atoms with Crippen molar-refractivity contribution >= 4 is 52.4 Å². The fraction of sp³-hybridized carbons (Fsp3) is 0.467. The van der Waals surface area contributed by atoms with Crippen LogP contribution in [0.25, 0.3) is 0 Å². The predicted molar refractivity (Wildman–Crippen MR) is 89.1 cm³/mol. The number of esters is 1. The largest absolute Gasteiger partial charge is 0.453 e. The zero-order chi connectivity index (χ0) is 17.0. The Bertz CT molecular complexity index is 615. The van der Waals surface area contributed by atoms with E-state index in [9.17, 15) is 14.7 Å². The Balaban J connectivity index is 1.90. The molecular formula is C15H16Cl3NO4. The Labute approximate surface area is 148 Å². The number of halogens is 3. The molecule has 1 aromatic carbocycles. The summed E-state index contributed by atoms with van der Waals surface area (Å²) in [6.07, 6.45) is 3.21. The molecular weight excluding hydrogens is 365 g/mol. The third-order valence-corrected chi connectivity index (χ3v) is 4.71. The molecule has 0 spiro atoms. The molecule has 8 heteroatoms. The summed E-state index contributed by atoms with van der Waals surface area (Å²) in [5.41, 5.74) is -1.22. The highest BCUT2D eigenvalue weighted by Crippen LogP contribution is 2.32. The van der Waals surface area contributed by atoms with Gasteiger partial charge in [0.05, 0.1) is 20.8 Å². The highest BCUT2D eigenvalue weighted by molar-refractivity contribution is 6.44. The van der Waals surface area contributed by atoms with Crippen LogP contribution in [0.5, 0.6) is 0 Å². The number of hydrogen-bond donors (Lipinski definition) is 2. The van der Waals surface area contributed by atoms with Gasteiger partial charge in [0.15, 0.2) is 12.2 Å². The van der Waals surface area contributed by atoms with Crippen LogP contribution < -0.4 is 5.32 Å². The third kappa shape index (κ3) is 4.73. The van der Waals surface area contributed by atoms with E-state index in [1.54, 1.807) is 0 Å². The molecule has 0 aliphatic heterocycles. The quantitative estimate of drug-likeness (QED) is 0.615. The average Bonchev–Trinajstić information content (AvgIpc) is 2.51. The summed E-state index contributed by atoms with van der Waals surface area (Å²) in [5.74, 6) is -1.36. The first kappa shape index (κ1) is 18.3. The van der Waals surface area contributed by atoms with Gasteiger partial charge in [-0.25, -0.2) is 4.79 Å². The zero-order valence-electron chi connectivity index (χ0n) is 12.2. The number of amides is 1. The predicted octanol–water partition coefficient (Wildman–Crippen LogP) is 3.82. The van der Waals surface area contributed by atoms with Crippen LogP contribution in [0.15, 0.2) is 12.1 Å². The topological polar surface area (TPSA) is 75.6 Å². The summed E-state index contributed by atoms with van der Waals surface area (Å²) < 4.78 is 4.91. The van der Waals surface area contributed by atoms with Crippen molar-refractivity contribution in [3.05, 3.63) is 27.2 Å². The van der Waals surface area contributed by atoms with Crippen LogP contribution in [-0.4, -0.2) is 29.2 Å². The van der Waals surface area contributed by atoms with Crippen molar-refractivity contribution in [3.63, 3.8) is 0 Å². The Morgan fingerprint density at radius 1 is 1.09 bits per heavy atom. The first-order valence-electron chi connectivity index (χ1n) is 7.16. The summed E-state index contributed by atoms with van der Waals surface area (Å²) in [6, 6.07) is 2.80. The van der Waals surface area contributed by atoms with Gasteiger partial charge in [0.1, 0.15) is 0 Å². The number of benzene rings is 1. The van der Waals surface area contributed by atoms with Gasteiger partial charge in [0, 0.05) is 0 Å². The fourth-order valence-electron chi connectivity index (χ4n) is 2.41. The first-order valence-corrected chi connectivity index (χ1v) is 8.29. The third-order valence-electron chi connectivity index (χ3n) is 3.68. The molecule has 126 valence electrons. The molecule has 0 radical (unpaired) electrons. The monoisotopic (exact) mass is 379 g/mol. The molecule has 0 unspecified atom stereocenters. The van der Waals surface area contributed by atoms with Crippen molar-refractivity contribution in [1.29, 1.82) is 0 Å². The minimum absolute atomic E-state index is 0.213. The van der Waals surface area contributed by atoms with Gasteiger partial charge in [-0.1, -0.05) is 41.2 Å². The SMILES string of the molecule is O=C(COC(=O)C1(O)CCCCC1)Nc1cc(Cl)c(Cl)cc1Cl. The Hall–Kier alpha value is -1.01. The number of rotatable bonds is 4. The van der Waals surface area contributed by atoms with Gasteiger partial charge in [-0.2, -0.15) is 0 Å². The highest BCUT2D eigenvalue weighted by Gasteiger charge is 2.38. The number of ether oxygens (including phenoxy) is 1. The van der Waals surface area contributed by atoms with Crippen molar-refractivity contribution in [3.8, 4) is 0 Å². The average molecular weight is 381 g/mol. The van der Waals surface area contributed by atoms with Crippen LogP contribution in [-0.2, 0) is 14.3 Å². The van der Waals surface area contributed by atoms with Crippen LogP contribution in [0.1, 0.15) is 32.1 Å². The normalized spacial score (nSPS) is 16.7.